The van der Waals surface area contributed by atoms with Gasteiger partial charge < -0.3 is 5.73 Å². The van der Waals surface area contributed by atoms with Crippen LogP contribution in [0.2, 0.25) is 0 Å². The minimum atomic E-state index is -0.148. The van der Waals surface area contributed by atoms with Crippen LogP contribution in [-0.2, 0) is 4.79 Å². The van der Waals surface area contributed by atoms with Crippen LogP contribution in [0.3, 0.4) is 0 Å². The molecular weight excluding hydrogens is 334 g/mol. The number of rotatable bonds is 16. The minimum absolute atomic E-state index is 0.148. The van der Waals surface area contributed by atoms with Crippen LogP contribution in [0, 0.1) is 0 Å². The van der Waals surface area contributed by atoms with E-state index in [4.69, 9.17) is 5.73 Å². The molecule has 27 heavy (non-hydrogen) atoms. The summed E-state index contributed by atoms with van der Waals surface area (Å²) in [6.07, 6.45) is 22.0. The highest BCUT2D eigenvalue weighted by molar-refractivity contribution is 6.01. The summed E-state index contributed by atoms with van der Waals surface area (Å²) in [7, 11) is 0. The van der Waals surface area contributed by atoms with Gasteiger partial charge in [0.2, 0.25) is 5.91 Å². The number of hydrogen-bond donors (Lipinski definition) is 1. The fourth-order valence-corrected chi connectivity index (χ4v) is 3.59. The number of allylic oxidation sites excluding steroid dienone is 2. The zero-order valence-electron chi connectivity index (χ0n) is 17.9. The van der Waals surface area contributed by atoms with Crippen LogP contribution in [0.25, 0.3) is 0 Å². The summed E-state index contributed by atoms with van der Waals surface area (Å²) >= 11 is 0. The summed E-state index contributed by atoms with van der Waals surface area (Å²) in [5.41, 5.74) is 5.88. The molecule has 1 aliphatic heterocycles. The molecule has 0 radical (unpaired) electrons. The highest BCUT2D eigenvalue weighted by Crippen LogP contribution is 2.12. The molecule has 1 aliphatic rings. The molecule has 1 atom stereocenters. The molecule has 0 bridgehead atoms. The Morgan fingerprint density at radius 3 is 2.15 bits per heavy atom. The number of carbonyl (C=O) groups is 1. The molecule has 1 unspecified atom stereocenters. The Kier molecular flexibility index (Phi) is 14.0. The van der Waals surface area contributed by atoms with E-state index in [1.807, 2.05) is 6.92 Å². The molecule has 1 amide bonds. The van der Waals surface area contributed by atoms with E-state index in [9.17, 15) is 4.79 Å². The van der Waals surface area contributed by atoms with Gasteiger partial charge in [-0.15, -0.1) is 0 Å². The lowest BCUT2D eigenvalue weighted by Gasteiger charge is -2.20. The second-order valence-electron chi connectivity index (χ2n) is 7.91. The fourth-order valence-electron chi connectivity index (χ4n) is 3.59. The van der Waals surface area contributed by atoms with Crippen LogP contribution in [0.5, 0.6) is 0 Å². The number of nitrogens with two attached hydrogens (primary N) is 1. The molecule has 156 valence electrons. The largest absolute Gasteiger partial charge is 0.322 e. The van der Waals surface area contributed by atoms with E-state index in [0.717, 1.165) is 18.7 Å². The molecule has 0 saturated carbocycles. The van der Waals surface area contributed by atoms with Gasteiger partial charge in [-0.3, -0.25) is 14.7 Å². The molecular formula is C23H43N3O. The number of aliphatic imine (C=N–C) groups is 1. The zero-order chi connectivity index (χ0) is 19.7. The lowest BCUT2D eigenvalue weighted by molar-refractivity contribution is -0.127. The Labute approximate surface area is 167 Å². The molecule has 0 saturated heterocycles. The number of amides is 1. The van der Waals surface area contributed by atoms with E-state index in [1.165, 1.54) is 70.6 Å². The molecule has 2 N–H and O–H groups in total. The Bertz CT molecular complexity index is 443. The average molecular weight is 378 g/mol. The smallest absolute Gasteiger partial charge is 0.227 e. The van der Waals surface area contributed by atoms with Crippen molar-refractivity contribution in [3.63, 3.8) is 0 Å². The first-order valence-corrected chi connectivity index (χ1v) is 11.4. The van der Waals surface area contributed by atoms with E-state index >= 15 is 0 Å². The van der Waals surface area contributed by atoms with E-state index in [2.05, 4.69) is 24.1 Å². The summed E-state index contributed by atoms with van der Waals surface area (Å²) in [6.45, 7) is 5.58. The molecule has 0 spiro atoms. The lowest BCUT2D eigenvalue weighted by Crippen LogP contribution is -2.43. The molecule has 4 nitrogen and oxygen atoms in total. The van der Waals surface area contributed by atoms with Crippen molar-refractivity contribution >= 4 is 11.7 Å². The van der Waals surface area contributed by atoms with Crippen molar-refractivity contribution in [2.75, 3.05) is 13.1 Å². The van der Waals surface area contributed by atoms with Crippen LogP contribution >= 0.6 is 0 Å². The third kappa shape index (κ3) is 11.3. The van der Waals surface area contributed by atoms with Crippen molar-refractivity contribution in [3.05, 3.63) is 12.2 Å². The summed E-state index contributed by atoms with van der Waals surface area (Å²) in [5, 5.41) is 0. The van der Waals surface area contributed by atoms with Gasteiger partial charge in [-0.25, -0.2) is 0 Å². The third-order valence-corrected chi connectivity index (χ3v) is 5.23. The molecule has 0 aromatic carbocycles. The number of unbranched alkanes of at least 4 members (excludes halogenated alkanes) is 11. The van der Waals surface area contributed by atoms with Gasteiger partial charge >= 0.3 is 0 Å². The molecule has 0 fully saturated rings. The highest BCUT2D eigenvalue weighted by atomic mass is 16.2. The third-order valence-electron chi connectivity index (χ3n) is 5.23. The molecule has 0 aromatic rings. The van der Waals surface area contributed by atoms with Crippen LogP contribution in [0.1, 0.15) is 104 Å². The van der Waals surface area contributed by atoms with E-state index in [1.54, 1.807) is 4.90 Å². The van der Waals surface area contributed by atoms with Gasteiger partial charge in [0.1, 0.15) is 5.84 Å². The lowest BCUT2D eigenvalue weighted by atomic mass is 10.1. The molecule has 0 aliphatic carbocycles. The van der Waals surface area contributed by atoms with Crippen molar-refractivity contribution < 1.29 is 4.79 Å². The van der Waals surface area contributed by atoms with Gasteiger partial charge in [0, 0.05) is 13.0 Å². The quantitative estimate of drug-likeness (QED) is 0.281. The Morgan fingerprint density at radius 1 is 1.00 bits per heavy atom. The molecule has 1 rings (SSSR count). The topological polar surface area (TPSA) is 58.7 Å². The number of amidine groups is 1. The first kappa shape index (κ1) is 23.9. The second kappa shape index (κ2) is 15.9. The van der Waals surface area contributed by atoms with E-state index < -0.39 is 0 Å². The zero-order valence-corrected chi connectivity index (χ0v) is 17.9. The standard InChI is InChI=1S/C23H43N3O/c1-3-4-5-6-7-8-9-10-11-12-13-14-15-16-17-18-22(27)26-20-19-25-23(26)21(2)24/h10-11,21H,3-9,12-20,24H2,1-2H3. The number of nitrogens with zero attached hydrogens (tertiary/aromatic N) is 2. The fraction of sp³-hybridized carbons (Fsp3) is 0.826. The van der Waals surface area contributed by atoms with Gasteiger partial charge in [0.05, 0.1) is 12.6 Å². The maximum atomic E-state index is 12.3. The number of hydrogen-bond acceptors (Lipinski definition) is 3. The monoisotopic (exact) mass is 377 g/mol. The minimum Gasteiger partial charge on any atom is -0.322 e. The average Bonchev–Trinajstić information content (AvgIpc) is 3.15. The van der Waals surface area contributed by atoms with Crippen LogP contribution in [-0.4, -0.2) is 35.8 Å². The van der Waals surface area contributed by atoms with Gasteiger partial charge in [0.15, 0.2) is 0 Å². The van der Waals surface area contributed by atoms with Crippen LogP contribution in [0.15, 0.2) is 17.1 Å². The van der Waals surface area contributed by atoms with Crippen molar-refractivity contribution in [2.45, 2.75) is 110 Å². The Morgan fingerprint density at radius 2 is 1.56 bits per heavy atom. The van der Waals surface area contributed by atoms with Crippen molar-refractivity contribution in [1.29, 1.82) is 0 Å². The van der Waals surface area contributed by atoms with Gasteiger partial charge in [-0.1, -0.05) is 70.4 Å². The van der Waals surface area contributed by atoms with Gasteiger partial charge in [-0.2, -0.15) is 0 Å². The second-order valence-corrected chi connectivity index (χ2v) is 7.91. The van der Waals surface area contributed by atoms with Crippen molar-refractivity contribution in [1.82, 2.24) is 4.90 Å². The molecule has 1 heterocycles. The maximum Gasteiger partial charge on any atom is 0.227 e. The van der Waals surface area contributed by atoms with Gasteiger partial charge in [-0.05, 0) is 39.0 Å². The summed E-state index contributed by atoms with van der Waals surface area (Å²) in [4.78, 5) is 18.4. The highest BCUT2D eigenvalue weighted by Gasteiger charge is 2.25. The predicted octanol–water partition coefficient (Wildman–Crippen LogP) is 5.61. The SMILES string of the molecule is CCCCCCCCC=CCCCCCCCC(=O)N1CCN=C1C(C)N. The number of carbonyl (C=O) groups excluding carboxylic acids is 1. The van der Waals surface area contributed by atoms with Gasteiger partial charge in [0.25, 0.3) is 0 Å². The van der Waals surface area contributed by atoms with E-state index in [-0.39, 0.29) is 11.9 Å². The Hall–Kier alpha value is -1.16. The van der Waals surface area contributed by atoms with Crippen molar-refractivity contribution in [2.24, 2.45) is 10.7 Å². The first-order valence-electron chi connectivity index (χ1n) is 11.4. The Balaban J connectivity index is 1.90. The first-order chi connectivity index (χ1) is 13.2. The van der Waals surface area contributed by atoms with E-state index in [0.29, 0.717) is 19.5 Å². The normalized spacial score (nSPS) is 15.5. The predicted molar refractivity (Wildman–Crippen MR) is 117 cm³/mol. The summed E-state index contributed by atoms with van der Waals surface area (Å²) in [6, 6.07) is -0.148. The van der Waals surface area contributed by atoms with Crippen LogP contribution < -0.4 is 5.73 Å². The molecule has 0 aromatic heterocycles. The molecule has 4 heteroatoms. The van der Waals surface area contributed by atoms with Crippen LogP contribution in [0.4, 0.5) is 0 Å². The summed E-state index contributed by atoms with van der Waals surface area (Å²) < 4.78 is 0. The summed E-state index contributed by atoms with van der Waals surface area (Å²) in [5.74, 6) is 0.967. The maximum absolute atomic E-state index is 12.3. The van der Waals surface area contributed by atoms with Crippen molar-refractivity contribution in [3.8, 4) is 0 Å².